The average molecular weight is 306 g/mol. The van der Waals surface area contributed by atoms with E-state index in [2.05, 4.69) is 15.2 Å². The van der Waals surface area contributed by atoms with Crippen LogP contribution in [0.3, 0.4) is 0 Å². The Balaban J connectivity index is 2.09. The number of fused-ring (bicyclic) bond motifs is 1. The second-order valence-electron chi connectivity index (χ2n) is 5.85. The van der Waals surface area contributed by atoms with E-state index in [9.17, 15) is 10.1 Å². The minimum atomic E-state index is -0.563. The van der Waals surface area contributed by atoms with Crippen molar-refractivity contribution in [2.45, 2.75) is 38.9 Å². The van der Waals surface area contributed by atoms with E-state index in [-0.39, 0.29) is 5.00 Å². The molecule has 1 aliphatic rings. The molecule has 7 nitrogen and oxygen atoms in total. The molecule has 0 bridgehead atoms. The zero-order valence-electron chi connectivity index (χ0n) is 12.1. The van der Waals surface area contributed by atoms with Crippen molar-refractivity contribution in [3.63, 3.8) is 0 Å². The molecule has 0 aromatic carbocycles. The number of rotatable bonds is 2. The number of ether oxygens (including phenoxy) is 1. The summed E-state index contributed by atoms with van der Waals surface area (Å²) in [6.07, 6.45) is 0. The van der Waals surface area contributed by atoms with Gasteiger partial charge < -0.3 is 4.74 Å². The summed E-state index contributed by atoms with van der Waals surface area (Å²) >= 11 is 1.03. The van der Waals surface area contributed by atoms with Crippen LogP contribution in [0.1, 0.15) is 39.1 Å². The minimum Gasteiger partial charge on any atom is -0.357 e. The summed E-state index contributed by atoms with van der Waals surface area (Å²) in [4.78, 5) is 15.5. The first kappa shape index (κ1) is 14.0. The summed E-state index contributed by atoms with van der Waals surface area (Å²) in [5.41, 5.74) is 0.335. The number of nitro groups is 1. The van der Waals surface area contributed by atoms with Gasteiger partial charge in [-0.3, -0.25) is 10.1 Å². The molecule has 0 N–H and O–H groups in total. The van der Waals surface area contributed by atoms with Gasteiger partial charge in [0.05, 0.1) is 9.80 Å². The van der Waals surface area contributed by atoms with Gasteiger partial charge in [-0.2, -0.15) is 0 Å². The van der Waals surface area contributed by atoms with Gasteiger partial charge in [-0.05, 0) is 33.8 Å². The molecule has 3 heterocycles. The third-order valence-electron chi connectivity index (χ3n) is 3.33. The largest absolute Gasteiger partial charge is 0.357 e. The second-order valence-corrected chi connectivity index (χ2v) is 6.91. The fraction of sp³-hybridized carbons (Fsp3) is 0.462. The molecule has 0 atom stereocenters. The van der Waals surface area contributed by atoms with Crippen molar-refractivity contribution in [1.29, 1.82) is 0 Å². The molecular weight excluding hydrogens is 292 g/mol. The molecule has 110 valence electrons. The predicted octanol–water partition coefficient (Wildman–Crippen LogP) is 3.01. The summed E-state index contributed by atoms with van der Waals surface area (Å²) in [6, 6.07) is 3.09. The molecule has 3 rings (SSSR count). The Hall–Kier alpha value is -1.93. The van der Waals surface area contributed by atoms with Gasteiger partial charge in [0.15, 0.2) is 5.82 Å². The van der Waals surface area contributed by atoms with Crippen molar-refractivity contribution < 1.29 is 9.66 Å². The fourth-order valence-electron chi connectivity index (χ4n) is 2.54. The van der Waals surface area contributed by atoms with E-state index in [1.807, 2.05) is 27.7 Å². The molecule has 0 unspecified atom stereocenters. The van der Waals surface area contributed by atoms with Gasteiger partial charge in [-0.1, -0.05) is 11.3 Å². The van der Waals surface area contributed by atoms with Crippen LogP contribution in [0, 0.1) is 10.1 Å². The van der Waals surface area contributed by atoms with Gasteiger partial charge in [0.25, 0.3) is 0 Å². The Bertz CT molecular complexity index is 739. The smallest absolute Gasteiger partial charge is 0.324 e. The van der Waals surface area contributed by atoms with E-state index in [1.165, 1.54) is 6.07 Å². The van der Waals surface area contributed by atoms with Gasteiger partial charge in [0.1, 0.15) is 22.6 Å². The highest BCUT2D eigenvalue weighted by Gasteiger charge is 2.46. The highest BCUT2D eigenvalue weighted by atomic mass is 32.1. The predicted molar refractivity (Wildman–Crippen MR) is 76.9 cm³/mol. The third kappa shape index (κ3) is 2.20. The molecule has 0 fully saturated rings. The topological polar surface area (TPSA) is 91.0 Å². The first-order valence-corrected chi connectivity index (χ1v) is 7.23. The number of nitrogens with zero attached hydrogens (tertiary/aromatic N) is 4. The Labute approximate surface area is 125 Å². The van der Waals surface area contributed by atoms with Crippen molar-refractivity contribution in [3.8, 4) is 10.7 Å². The number of thiophene rings is 1. The normalized spacial score (nSPS) is 18.5. The molecule has 2 aromatic rings. The lowest BCUT2D eigenvalue weighted by Crippen LogP contribution is -2.23. The first-order chi connectivity index (χ1) is 9.71. The summed E-state index contributed by atoms with van der Waals surface area (Å²) in [6.45, 7) is 7.70. The van der Waals surface area contributed by atoms with Gasteiger partial charge in [0, 0.05) is 6.07 Å². The van der Waals surface area contributed by atoms with E-state index < -0.39 is 16.1 Å². The maximum atomic E-state index is 10.8. The van der Waals surface area contributed by atoms with Gasteiger partial charge >= 0.3 is 5.00 Å². The molecule has 0 amide bonds. The molecular formula is C13H14N4O3S. The lowest BCUT2D eigenvalue weighted by atomic mass is 10.0. The van der Waals surface area contributed by atoms with Gasteiger partial charge in [-0.15, -0.1) is 10.2 Å². The number of hydrogen-bond donors (Lipinski definition) is 0. The quantitative estimate of drug-likeness (QED) is 0.625. The van der Waals surface area contributed by atoms with Crippen molar-refractivity contribution in [3.05, 3.63) is 33.6 Å². The molecule has 0 spiro atoms. The van der Waals surface area contributed by atoms with Crippen molar-refractivity contribution in [2.75, 3.05) is 0 Å². The van der Waals surface area contributed by atoms with Gasteiger partial charge in [0.2, 0.25) is 0 Å². The van der Waals surface area contributed by atoms with Crippen LogP contribution >= 0.6 is 11.3 Å². The summed E-state index contributed by atoms with van der Waals surface area (Å²) in [7, 11) is 0. The standard InChI is InChI=1S/C13H14N4O3S/c1-12(2)9-10(13(3,4)20-12)15-16-11(14-9)7-5-6-8(21-7)17(18)19/h5-6H,1-4H3. The van der Waals surface area contributed by atoms with Crippen LogP contribution in [-0.2, 0) is 15.9 Å². The molecule has 0 radical (unpaired) electrons. The SMILES string of the molecule is CC1(C)OC(C)(C)c2nc(-c3ccc([N+](=O)[O-])s3)nnc21. The fourth-order valence-corrected chi connectivity index (χ4v) is 3.29. The molecule has 21 heavy (non-hydrogen) atoms. The molecule has 8 heteroatoms. The van der Waals surface area contributed by atoms with Crippen LogP contribution in [0.5, 0.6) is 0 Å². The van der Waals surface area contributed by atoms with Gasteiger partial charge in [-0.25, -0.2) is 4.98 Å². The van der Waals surface area contributed by atoms with Crippen LogP contribution in [0.4, 0.5) is 5.00 Å². The Morgan fingerprint density at radius 3 is 2.43 bits per heavy atom. The van der Waals surface area contributed by atoms with E-state index >= 15 is 0 Å². The maximum absolute atomic E-state index is 10.8. The lowest BCUT2D eigenvalue weighted by Gasteiger charge is -2.23. The van der Waals surface area contributed by atoms with E-state index in [0.29, 0.717) is 16.4 Å². The van der Waals surface area contributed by atoms with E-state index in [0.717, 1.165) is 17.0 Å². The number of aromatic nitrogens is 3. The summed E-state index contributed by atoms with van der Waals surface area (Å²) in [5.74, 6) is 0.390. The Kier molecular flexibility index (Phi) is 2.86. The highest BCUT2D eigenvalue weighted by molar-refractivity contribution is 7.18. The lowest BCUT2D eigenvalue weighted by molar-refractivity contribution is -0.380. The molecule has 1 aliphatic heterocycles. The zero-order valence-corrected chi connectivity index (χ0v) is 12.9. The molecule has 0 saturated carbocycles. The van der Waals surface area contributed by atoms with Crippen molar-refractivity contribution in [1.82, 2.24) is 15.2 Å². The monoisotopic (exact) mass is 306 g/mol. The second kappa shape index (κ2) is 4.28. The van der Waals surface area contributed by atoms with Crippen LogP contribution in [-0.4, -0.2) is 20.1 Å². The number of hydrogen-bond acceptors (Lipinski definition) is 7. The van der Waals surface area contributed by atoms with Crippen LogP contribution < -0.4 is 0 Å². The van der Waals surface area contributed by atoms with E-state index in [1.54, 1.807) is 6.07 Å². The van der Waals surface area contributed by atoms with Crippen LogP contribution in [0.2, 0.25) is 0 Å². The average Bonchev–Trinajstić information content (AvgIpc) is 2.92. The molecule has 0 saturated heterocycles. The summed E-state index contributed by atoms with van der Waals surface area (Å²) < 4.78 is 5.97. The van der Waals surface area contributed by atoms with Crippen molar-refractivity contribution in [2.24, 2.45) is 0 Å². The minimum absolute atomic E-state index is 0.0601. The Morgan fingerprint density at radius 2 is 1.81 bits per heavy atom. The molecule has 0 aliphatic carbocycles. The highest BCUT2D eigenvalue weighted by Crippen LogP contribution is 2.44. The van der Waals surface area contributed by atoms with Crippen LogP contribution in [0.25, 0.3) is 10.7 Å². The third-order valence-corrected chi connectivity index (χ3v) is 4.36. The maximum Gasteiger partial charge on any atom is 0.324 e. The zero-order chi connectivity index (χ0) is 15.4. The molecule has 2 aromatic heterocycles. The Morgan fingerprint density at radius 1 is 1.14 bits per heavy atom. The van der Waals surface area contributed by atoms with Crippen LogP contribution in [0.15, 0.2) is 12.1 Å². The summed E-state index contributed by atoms with van der Waals surface area (Å²) in [5, 5.41) is 19.2. The van der Waals surface area contributed by atoms with Crippen molar-refractivity contribution >= 4 is 16.3 Å². The first-order valence-electron chi connectivity index (χ1n) is 6.41. The van der Waals surface area contributed by atoms with E-state index in [4.69, 9.17) is 4.74 Å².